The molecule has 1 atom stereocenters. The van der Waals surface area contributed by atoms with Crippen molar-refractivity contribution in [3.63, 3.8) is 0 Å². The highest BCUT2D eigenvalue weighted by molar-refractivity contribution is 6.52. The third-order valence-electron chi connectivity index (χ3n) is 5.01. The van der Waals surface area contributed by atoms with Crippen LogP contribution in [-0.2, 0) is 10.3 Å². The fourth-order valence-corrected chi connectivity index (χ4v) is 4.07. The van der Waals surface area contributed by atoms with E-state index < -0.39 is 17.2 Å². The fraction of sp³-hybridized carbons (Fsp3) is 0.200. The summed E-state index contributed by atoms with van der Waals surface area (Å²) >= 11 is 0. The highest BCUT2D eigenvalue weighted by Gasteiger charge is 2.52. The van der Waals surface area contributed by atoms with E-state index in [1.54, 1.807) is 17.0 Å². The number of Topliss-reactive ketones (excluding diaryl/α,β-unsaturated/α-hetero) is 1. The molecule has 0 bridgehead atoms. The van der Waals surface area contributed by atoms with Crippen LogP contribution in [0, 0.1) is 0 Å². The number of hydrogen-bond acceptors (Lipinski definition) is 3. The Morgan fingerprint density at radius 1 is 1.08 bits per heavy atom. The van der Waals surface area contributed by atoms with E-state index in [-0.39, 0.29) is 0 Å². The number of carbonyl (C=O) groups excluding carboxylic acids is 2. The van der Waals surface area contributed by atoms with E-state index in [1.165, 1.54) is 0 Å². The molecule has 2 aromatic carbocycles. The van der Waals surface area contributed by atoms with Gasteiger partial charge in [0.15, 0.2) is 0 Å². The lowest BCUT2D eigenvalue weighted by Gasteiger charge is -2.38. The minimum Gasteiger partial charge on any atom is -0.372 e. The molecule has 0 saturated carbocycles. The smallest absolute Gasteiger partial charge is 0.300 e. The molecule has 0 fully saturated rings. The predicted octanol–water partition coefficient (Wildman–Crippen LogP) is 3.14. The third kappa shape index (κ3) is 1.74. The van der Waals surface area contributed by atoms with Gasteiger partial charge in [0.2, 0.25) is 0 Å². The first-order chi connectivity index (χ1) is 11.6. The molecule has 2 heterocycles. The van der Waals surface area contributed by atoms with E-state index in [1.807, 2.05) is 43.5 Å². The maximum Gasteiger partial charge on any atom is 0.300 e. The second-order valence-corrected chi connectivity index (χ2v) is 6.38. The molecule has 2 aliphatic heterocycles. The van der Waals surface area contributed by atoms with Crippen LogP contribution in [0.15, 0.2) is 61.2 Å². The lowest BCUT2D eigenvalue weighted by atomic mass is 9.86. The number of amides is 1. The van der Waals surface area contributed by atoms with Gasteiger partial charge < -0.3 is 4.90 Å². The van der Waals surface area contributed by atoms with Crippen molar-refractivity contribution < 1.29 is 9.59 Å². The largest absolute Gasteiger partial charge is 0.372 e. The first-order valence-electron chi connectivity index (χ1n) is 7.99. The number of fused-ring (bicyclic) bond motifs is 2. The zero-order chi connectivity index (χ0) is 16.9. The fourth-order valence-electron chi connectivity index (χ4n) is 4.07. The molecule has 0 N–H and O–H groups in total. The molecule has 1 unspecified atom stereocenters. The van der Waals surface area contributed by atoms with Crippen LogP contribution < -0.4 is 9.80 Å². The number of benzene rings is 2. The van der Waals surface area contributed by atoms with Crippen LogP contribution in [0.4, 0.5) is 11.4 Å². The molecule has 0 aromatic heterocycles. The lowest BCUT2D eigenvalue weighted by Crippen LogP contribution is -2.51. The van der Waals surface area contributed by atoms with Gasteiger partial charge in [-0.1, -0.05) is 36.4 Å². The van der Waals surface area contributed by atoms with Gasteiger partial charge in [0.1, 0.15) is 0 Å². The molecule has 1 amide bonds. The summed E-state index contributed by atoms with van der Waals surface area (Å²) in [5, 5.41) is 0. The standard InChI is InChI=1S/C20H18N2O2/c1-3-12-20(13-21(2)17-11-7-5-9-15(17)20)22-16-10-6-4-8-14(16)18(23)19(22)24/h3-11H,1,12-13H2,2H3. The summed E-state index contributed by atoms with van der Waals surface area (Å²) < 4.78 is 0. The van der Waals surface area contributed by atoms with Crippen LogP contribution in [0.2, 0.25) is 0 Å². The van der Waals surface area contributed by atoms with Crippen molar-refractivity contribution in [2.45, 2.75) is 12.0 Å². The molecule has 4 rings (SSSR count). The van der Waals surface area contributed by atoms with Gasteiger partial charge in [-0.25, -0.2) is 0 Å². The SMILES string of the molecule is C=CCC1(N2C(=O)C(=O)c3ccccc32)CN(C)c2ccccc21. The second kappa shape index (κ2) is 5.06. The Bertz CT molecular complexity index is 873. The van der Waals surface area contributed by atoms with Gasteiger partial charge in [-0.15, -0.1) is 6.58 Å². The first kappa shape index (κ1) is 14.7. The van der Waals surface area contributed by atoms with Gasteiger partial charge in [-0.2, -0.15) is 0 Å². The van der Waals surface area contributed by atoms with Crippen molar-refractivity contribution in [3.8, 4) is 0 Å². The molecular weight excluding hydrogens is 300 g/mol. The van der Waals surface area contributed by atoms with Crippen molar-refractivity contribution in [2.75, 3.05) is 23.4 Å². The Kier molecular flexibility index (Phi) is 3.10. The van der Waals surface area contributed by atoms with Crippen molar-refractivity contribution in [2.24, 2.45) is 0 Å². The van der Waals surface area contributed by atoms with Crippen LogP contribution in [0.1, 0.15) is 22.3 Å². The number of ketones is 1. The minimum atomic E-state index is -0.605. The number of nitrogens with zero attached hydrogens (tertiary/aromatic N) is 2. The van der Waals surface area contributed by atoms with Crippen LogP contribution in [-0.4, -0.2) is 25.3 Å². The molecule has 0 spiro atoms. The Balaban J connectivity index is 1.97. The summed E-state index contributed by atoms with van der Waals surface area (Å²) in [7, 11) is 2.01. The first-order valence-corrected chi connectivity index (χ1v) is 7.99. The maximum atomic E-state index is 12.9. The van der Waals surface area contributed by atoms with Crippen molar-refractivity contribution in [1.29, 1.82) is 0 Å². The summed E-state index contributed by atoms with van der Waals surface area (Å²) in [5.74, 6) is -0.885. The molecule has 0 saturated heterocycles. The summed E-state index contributed by atoms with van der Waals surface area (Å²) in [5.41, 5.74) is 2.72. The number of likely N-dealkylation sites (N-methyl/N-ethyl adjacent to an activating group) is 1. The van der Waals surface area contributed by atoms with E-state index in [0.29, 0.717) is 24.2 Å². The Hall–Kier alpha value is -2.88. The summed E-state index contributed by atoms with van der Waals surface area (Å²) in [6.45, 7) is 4.53. The van der Waals surface area contributed by atoms with E-state index in [0.717, 1.165) is 11.3 Å². The normalized spacial score (nSPS) is 21.9. The predicted molar refractivity (Wildman–Crippen MR) is 94.5 cm³/mol. The lowest BCUT2D eigenvalue weighted by molar-refractivity contribution is -0.115. The molecule has 4 heteroatoms. The average Bonchev–Trinajstić information content (AvgIpc) is 3.02. The Labute approximate surface area is 141 Å². The van der Waals surface area contributed by atoms with Crippen LogP contribution >= 0.6 is 0 Å². The van der Waals surface area contributed by atoms with Crippen LogP contribution in [0.3, 0.4) is 0 Å². The van der Waals surface area contributed by atoms with Crippen LogP contribution in [0.25, 0.3) is 0 Å². The maximum absolute atomic E-state index is 12.9. The van der Waals surface area contributed by atoms with Gasteiger partial charge in [0.25, 0.3) is 11.7 Å². The van der Waals surface area contributed by atoms with E-state index in [2.05, 4.69) is 17.5 Å². The van der Waals surface area contributed by atoms with E-state index in [4.69, 9.17) is 0 Å². The molecule has 24 heavy (non-hydrogen) atoms. The monoisotopic (exact) mass is 318 g/mol. The Morgan fingerprint density at radius 2 is 1.75 bits per heavy atom. The Morgan fingerprint density at radius 3 is 2.50 bits per heavy atom. The second-order valence-electron chi connectivity index (χ2n) is 6.38. The summed E-state index contributed by atoms with van der Waals surface area (Å²) in [4.78, 5) is 29.2. The number of anilines is 2. The highest BCUT2D eigenvalue weighted by atomic mass is 16.2. The van der Waals surface area contributed by atoms with E-state index in [9.17, 15) is 9.59 Å². The van der Waals surface area contributed by atoms with Gasteiger partial charge in [0, 0.05) is 24.8 Å². The zero-order valence-electron chi connectivity index (χ0n) is 13.5. The van der Waals surface area contributed by atoms with Crippen molar-refractivity contribution in [3.05, 3.63) is 72.3 Å². The number of para-hydroxylation sites is 2. The quantitative estimate of drug-likeness (QED) is 0.645. The van der Waals surface area contributed by atoms with Crippen molar-refractivity contribution in [1.82, 2.24) is 0 Å². The summed E-state index contributed by atoms with van der Waals surface area (Å²) in [6, 6.07) is 15.3. The van der Waals surface area contributed by atoms with Crippen molar-refractivity contribution >= 4 is 23.1 Å². The van der Waals surface area contributed by atoms with Crippen LogP contribution in [0.5, 0.6) is 0 Å². The van der Waals surface area contributed by atoms with E-state index >= 15 is 0 Å². The molecule has 120 valence electrons. The van der Waals surface area contributed by atoms with Gasteiger partial charge >= 0.3 is 0 Å². The number of rotatable bonds is 3. The molecule has 2 aromatic rings. The third-order valence-corrected chi connectivity index (χ3v) is 5.01. The minimum absolute atomic E-state index is 0.430. The van der Waals surface area contributed by atoms with Gasteiger partial charge in [0.05, 0.1) is 16.8 Å². The topological polar surface area (TPSA) is 40.6 Å². The highest BCUT2D eigenvalue weighted by Crippen LogP contribution is 2.49. The number of carbonyl (C=O) groups is 2. The molecule has 4 nitrogen and oxygen atoms in total. The average molecular weight is 318 g/mol. The molecule has 0 aliphatic carbocycles. The molecule has 0 radical (unpaired) electrons. The van der Waals surface area contributed by atoms with Gasteiger partial charge in [-0.05, 0) is 24.6 Å². The summed E-state index contributed by atoms with van der Waals surface area (Å²) in [6.07, 6.45) is 2.41. The van der Waals surface area contributed by atoms with Gasteiger partial charge in [-0.3, -0.25) is 14.5 Å². The number of hydrogen-bond donors (Lipinski definition) is 0. The molecular formula is C20H18N2O2. The zero-order valence-corrected chi connectivity index (χ0v) is 13.5. The molecule has 2 aliphatic rings.